The van der Waals surface area contributed by atoms with Crippen LogP contribution in [-0.4, -0.2) is 22.7 Å². The molecule has 0 atom stereocenters. The zero-order valence-corrected chi connectivity index (χ0v) is 14.1. The van der Waals surface area contributed by atoms with Crippen molar-refractivity contribution in [3.05, 3.63) is 44.2 Å². The van der Waals surface area contributed by atoms with Crippen LogP contribution in [0.4, 0.5) is 0 Å². The van der Waals surface area contributed by atoms with E-state index in [0.717, 1.165) is 9.99 Å². The van der Waals surface area contributed by atoms with Gasteiger partial charge in [-0.25, -0.2) is 0 Å². The largest absolute Gasteiger partial charge is 0.493 e. The zero-order chi connectivity index (χ0) is 14.7. The second kappa shape index (κ2) is 6.58. The number of hydrogen-bond acceptors (Lipinski definition) is 3. The molecule has 0 N–H and O–H groups in total. The molecular weight excluding hydrogens is 391 g/mol. The standard InChI is InChI=1S/C14H14ClIN2O2/c1-3-6-18-13(12(20-2)8-17-18)14(19)9-4-5-11(16)10(15)7-9/h4-5,7-8H,3,6H2,1-2H3. The molecule has 0 aliphatic carbocycles. The molecule has 1 heterocycles. The third-order valence-electron chi connectivity index (χ3n) is 2.86. The van der Waals surface area contributed by atoms with Gasteiger partial charge < -0.3 is 4.74 Å². The Morgan fingerprint density at radius 2 is 2.25 bits per heavy atom. The van der Waals surface area contributed by atoms with E-state index >= 15 is 0 Å². The van der Waals surface area contributed by atoms with E-state index in [9.17, 15) is 4.79 Å². The van der Waals surface area contributed by atoms with Crippen molar-refractivity contribution < 1.29 is 9.53 Å². The molecule has 2 aromatic rings. The van der Waals surface area contributed by atoms with Crippen molar-refractivity contribution in [1.82, 2.24) is 9.78 Å². The van der Waals surface area contributed by atoms with Crippen molar-refractivity contribution in [2.45, 2.75) is 19.9 Å². The maximum Gasteiger partial charge on any atom is 0.214 e. The first kappa shape index (κ1) is 15.3. The van der Waals surface area contributed by atoms with Crippen molar-refractivity contribution in [2.24, 2.45) is 0 Å². The smallest absolute Gasteiger partial charge is 0.214 e. The van der Waals surface area contributed by atoms with E-state index in [4.69, 9.17) is 16.3 Å². The molecule has 1 aromatic carbocycles. The van der Waals surface area contributed by atoms with Gasteiger partial charge in [0, 0.05) is 15.7 Å². The summed E-state index contributed by atoms with van der Waals surface area (Å²) in [6.07, 6.45) is 2.45. The minimum Gasteiger partial charge on any atom is -0.493 e. The van der Waals surface area contributed by atoms with Gasteiger partial charge >= 0.3 is 0 Å². The minimum absolute atomic E-state index is 0.133. The average Bonchev–Trinajstić information content (AvgIpc) is 2.84. The second-order valence-electron chi connectivity index (χ2n) is 4.24. The third kappa shape index (κ3) is 2.98. The van der Waals surface area contributed by atoms with E-state index in [1.165, 1.54) is 7.11 Å². The van der Waals surface area contributed by atoms with Crippen LogP contribution in [0.3, 0.4) is 0 Å². The van der Waals surface area contributed by atoms with Gasteiger partial charge in [-0.15, -0.1) is 0 Å². The first-order valence-electron chi connectivity index (χ1n) is 6.18. The number of benzene rings is 1. The highest BCUT2D eigenvalue weighted by Crippen LogP contribution is 2.25. The summed E-state index contributed by atoms with van der Waals surface area (Å²) < 4.78 is 7.82. The molecule has 20 heavy (non-hydrogen) atoms. The van der Waals surface area contributed by atoms with E-state index in [2.05, 4.69) is 27.7 Å². The van der Waals surface area contributed by atoms with Gasteiger partial charge in [0.1, 0.15) is 0 Å². The lowest BCUT2D eigenvalue weighted by molar-refractivity contribution is 0.102. The van der Waals surface area contributed by atoms with Gasteiger partial charge in [0.2, 0.25) is 5.78 Å². The molecule has 0 spiro atoms. The fourth-order valence-corrected chi connectivity index (χ4v) is 2.42. The SMILES string of the molecule is CCCn1ncc(OC)c1C(=O)c1ccc(I)c(Cl)c1. The van der Waals surface area contributed by atoms with Crippen molar-refractivity contribution >= 4 is 40.0 Å². The van der Waals surface area contributed by atoms with E-state index in [1.54, 1.807) is 23.0 Å². The Labute approximate surface area is 136 Å². The summed E-state index contributed by atoms with van der Waals surface area (Å²) in [4.78, 5) is 12.6. The van der Waals surface area contributed by atoms with E-state index in [1.807, 2.05) is 13.0 Å². The summed E-state index contributed by atoms with van der Waals surface area (Å²) in [5, 5.41) is 4.77. The number of carbonyl (C=O) groups is 1. The first-order valence-corrected chi connectivity index (χ1v) is 7.63. The molecule has 0 saturated carbocycles. The van der Waals surface area contributed by atoms with Crippen LogP contribution in [0.15, 0.2) is 24.4 Å². The Balaban J connectivity index is 2.46. The highest BCUT2D eigenvalue weighted by molar-refractivity contribution is 14.1. The van der Waals surface area contributed by atoms with Crippen LogP contribution < -0.4 is 4.74 Å². The number of ketones is 1. The Kier molecular flexibility index (Phi) is 5.04. The van der Waals surface area contributed by atoms with Gasteiger partial charge in [-0.1, -0.05) is 18.5 Å². The molecule has 0 aliphatic heterocycles. The van der Waals surface area contributed by atoms with Crippen molar-refractivity contribution in [3.8, 4) is 5.75 Å². The molecule has 0 radical (unpaired) electrons. The Hall–Kier alpha value is -1.08. The Morgan fingerprint density at radius 3 is 2.85 bits per heavy atom. The van der Waals surface area contributed by atoms with Gasteiger partial charge in [0.05, 0.1) is 18.3 Å². The molecule has 106 valence electrons. The van der Waals surface area contributed by atoms with Gasteiger partial charge in [0.25, 0.3) is 0 Å². The average molecular weight is 405 g/mol. The third-order valence-corrected chi connectivity index (χ3v) is 4.43. The monoisotopic (exact) mass is 404 g/mol. The first-order chi connectivity index (χ1) is 9.58. The lowest BCUT2D eigenvalue weighted by Gasteiger charge is -2.08. The molecule has 2 rings (SSSR count). The quantitative estimate of drug-likeness (QED) is 0.562. The van der Waals surface area contributed by atoms with Gasteiger partial charge in [-0.05, 0) is 47.2 Å². The van der Waals surface area contributed by atoms with Crippen LogP contribution >= 0.6 is 34.2 Å². The molecule has 1 aromatic heterocycles. The van der Waals surface area contributed by atoms with Crippen LogP contribution in [0, 0.1) is 3.57 Å². The fraction of sp³-hybridized carbons (Fsp3) is 0.286. The normalized spacial score (nSPS) is 10.6. The number of carbonyl (C=O) groups excluding carboxylic acids is 1. The van der Waals surface area contributed by atoms with Crippen LogP contribution in [0.25, 0.3) is 0 Å². The molecule has 0 unspecified atom stereocenters. The minimum atomic E-state index is -0.133. The molecule has 6 heteroatoms. The van der Waals surface area contributed by atoms with Gasteiger partial charge in [-0.3, -0.25) is 9.48 Å². The molecular formula is C14H14ClIN2O2. The maximum atomic E-state index is 12.6. The Morgan fingerprint density at radius 1 is 1.50 bits per heavy atom. The number of hydrogen-bond donors (Lipinski definition) is 0. The summed E-state index contributed by atoms with van der Waals surface area (Å²) in [7, 11) is 1.53. The topological polar surface area (TPSA) is 44.1 Å². The number of rotatable bonds is 5. The maximum absolute atomic E-state index is 12.6. The number of methoxy groups -OCH3 is 1. The molecule has 0 fully saturated rings. The number of nitrogens with zero attached hydrogens (tertiary/aromatic N) is 2. The van der Waals surface area contributed by atoms with Gasteiger partial charge in [-0.2, -0.15) is 5.10 Å². The number of aryl methyl sites for hydroxylation is 1. The Bertz CT molecular complexity index is 640. The van der Waals surface area contributed by atoms with Crippen LogP contribution in [0.1, 0.15) is 29.4 Å². The summed E-state index contributed by atoms with van der Waals surface area (Å²) in [5.41, 5.74) is 0.998. The van der Waals surface area contributed by atoms with Crippen LogP contribution in [-0.2, 0) is 6.54 Å². The van der Waals surface area contributed by atoms with Crippen molar-refractivity contribution in [3.63, 3.8) is 0 Å². The predicted octanol–water partition coefficient (Wildman–Crippen LogP) is 3.79. The fourth-order valence-electron chi connectivity index (χ4n) is 1.90. The highest BCUT2D eigenvalue weighted by atomic mass is 127. The second-order valence-corrected chi connectivity index (χ2v) is 5.81. The number of halogens is 2. The molecule has 0 amide bonds. The highest BCUT2D eigenvalue weighted by Gasteiger charge is 2.21. The molecule has 0 aliphatic rings. The van der Waals surface area contributed by atoms with Crippen LogP contribution in [0.2, 0.25) is 5.02 Å². The van der Waals surface area contributed by atoms with Crippen LogP contribution in [0.5, 0.6) is 5.75 Å². The molecule has 0 saturated heterocycles. The summed E-state index contributed by atoms with van der Waals surface area (Å²) in [6.45, 7) is 2.70. The zero-order valence-electron chi connectivity index (χ0n) is 11.2. The molecule has 4 nitrogen and oxygen atoms in total. The predicted molar refractivity (Wildman–Crippen MR) is 86.7 cm³/mol. The van der Waals surface area contributed by atoms with E-state index < -0.39 is 0 Å². The summed E-state index contributed by atoms with van der Waals surface area (Å²) in [5.74, 6) is 0.351. The van der Waals surface area contributed by atoms with E-state index in [0.29, 0.717) is 28.6 Å². The summed E-state index contributed by atoms with van der Waals surface area (Å²) in [6, 6.07) is 5.26. The van der Waals surface area contributed by atoms with Crippen molar-refractivity contribution in [2.75, 3.05) is 7.11 Å². The number of ether oxygens (including phenoxy) is 1. The number of aromatic nitrogens is 2. The van der Waals surface area contributed by atoms with Gasteiger partial charge in [0.15, 0.2) is 11.4 Å². The van der Waals surface area contributed by atoms with Crippen molar-refractivity contribution in [1.29, 1.82) is 0 Å². The lowest BCUT2D eigenvalue weighted by atomic mass is 10.1. The van der Waals surface area contributed by atoms with E-state index in [-0.39, 0.29) is 5.78 Å². The lowest BCUT2D eigenvalue weighted by Crippen LogP contribution is -2.12. The molecule has 0 bridgehead atoms. The summed E-state index contributed by atoms with van der Waals surface area (Å²) >= 11 is 8.21.